The Balaban J connectivity index is 0.000000295. The number of fused-ring (bicyclic) bond motifs is 1. The van der Waals surface area contributed by atoms with E-state index in [1.165, 1.54) is 10.9 Å². The summed E-state index contributed by atoms with van der Waals surface area (Å²) < 4.78 is 296. The van der Waals surface area contributed by atoms with Gasteiger partial charge in [0.15, 0.2) is 82.5 Å². The van der Waals surface area contributed by atoms with Gasteiger partial charge in [-0.1, -0.05) is 55.1 Å². The van der Waals surface area contributed by atoms with Crippen LogP contribution in [-0.2, 0) is 6.54 Å². The lowest BCUT2D eigenvalue weighted by molar-refractivity contribution is -0.722. The molecule has 0 N–H and O–H groups in total. The topological polar surface area (TPSA) is 3.88 Å². The third kappa shape index (κ3) is 7.26. The van der Waals surface area contributed by atoms with E-state index in [1.54, 1.807) is 0 Å². The lowest BCUT2D eigenvalue weighted by atomic mass is 9.12. The van der Waals surface area contributed by atoms with Crippen LogP contribution >= 0.6 is 25.3 Å². The smallest absolute Gasteiger partial charge is 0.207 e. The molecule has 24 heteroatoms. The molecule has 0 aliphatic rings. The minimum Gasteiger partial charge on any atom is -0.207 e. The lowest BCUT2D eigenvalue weighted by Crippen LogP contribution is -2.81. The Morgan fingerprint density at radius 1 is 0.344 bits per heavy atom. The maximum Gasteiger partial charge on any atom is 0.246 e. The van der Waals surface area contributed by atoms with Crippen molar-refractivity contribution in [2.75, 3.05) is 0 Å². The molecular weight excluding hydrogens is 949 g/mol. The number of benzene rings is 6. The van der Waals surface area contributed by atoms with Crippen molar-refractivity contribution >= 4 is 64.0 Å². The first-order valence-electron chi connectivity index (χ1n) is 17.1. The van der Waals surface area contributed by atoms with Crippen molar-refractivity contribution in [2.24, 2.45) is 0 Å². The maximum atomic E-state index is 15.4. The van der Waals surface area contributed by atoms with Crippen molar-refractivity contribution in [2.45, 2.75) is 16.5 Å². The molecule has 0 aliphatic heterocycles. The quantitative estimate of drug-likeness (QED) is 0.0409. The molecule has 7 rings (SSSR count). The van der Waals surface area contributed by atoms with Crippen molar-refractivity contribution in [3.63, 3.8) is 0 Å². The van der Waals surface area contributed by atoms with Crippen LogP contribution in [0.25, 0.3) is 10.8 Å². The summed E-state index contributed by atoms with van der Waals surface area (Å²) in [4.78, 5) is 0.963. The van der Waals surface area contributed by atoms with Crippen molar-refractivity contribution in [3.8, 4) is 0 Å². The zero-order valence-corrected chi connectivity index (χ0v) is 32.2. The van der Waals surface area contributed by atoms with E-state index in [-0.39, 0.29) is 0 Å². The summed E-state index contributed by atoms with van der Waals surface area (Å²) >= 11 is 9.21. The van der Waals surface area contributed by atoms with Crippen molar-refractivity contribution in [1.82, 2.24) is 0 Å². The fourth-order valence-electron chi connectivity index (χ4n) is 7.11. The van der Waals surface area contributed by atoms with Crippen LogP contribution in [0.15, 0.2) is 70.7 Å². The summed E-state index contributed by atoms with van der Waals surface area (Å²) in [5.41, 5.74) is -13.1. The van der Waals surface area contributed by atoms with Gasteiger partial charge in [0.1, 0.15) is 52.7 Å². The molecule has 0 amide bonds. The first-order valence-corrected chi connectivity index (χ1v) is 18.0. The summed E-state index contributed by atoms with van der Waals surface area (Å²) in [5.74, 6) is -71.4. The maximum absolute atomic E-state index is 15.4. The van der Waals surface area contributed by atoms with E-state index >= 15 is 35.1 Å². The summed E-state index contributed by atoms with van der Waals surface area (Å²) in [7, 11) is 0. The van der Waals surface area contributed by atoms with Crippen LogP contribution < -0.4 is 26.4 Å². The van der Waals surface area contributed by atoms with Crippen LogP contribution in [0.4, 0.5) is 87.8 Å². The Morgan fingerprint density at radius 2 is 0.641 bits per heavy atom. The predicted octanol–water partition coefficient (Wildman–Crippen LogP) is 9.60. The number of thiol groups is 2. The number of nitrogens with zero attached hydrogens (tertiary/aromatic N) is 1. The first-order chi connectivity index (χ1) is 30.0. The normalized spacial score (nSPS) is 11.7. The summed E-state index contributed by atoms with van der Waals surface area (Å²) in [6.07, 6.45) is -5.14. The van der Waals surface area contributed by atoms with E-state index in [4.69, 9.17) is 0 Å². The molecule has 0 saturated carbocycles. The van der Waals surface area contributed by atoms with E-state index in [1.807, 2.05) is 18.2 Å². The molecule has 0 unspecified atom stereocenters. The van der Waals surface area contributed by atoms with E-state index in [0.717, 1.165) is 21.9 Å². The highest BCUT2D eigenvalue weighted by molar-refractivity contribution is 7.81. The molecule has 0 bridgehead atoms. The van der Waals surface area contributed by atoms with E-state index in [0.29, 0.717) is 0 Å². The zero-order chi connectivity index (χ0) is 47.6. The molecule has 0 fully saturated rings. The summed E-state index contributed by atoms with van der Waals surface area (Å²) in [5, 5.41) is 3.22. The molecule has 0 atom stereocenters. The standard InChI is InChI=1S/C24BF20.C16H13NS2/c26-5-1(6(27)14(35)21(42)13(5)34)25(2-7(28)15(36)22(43)16(37)8(2)29,3-9(30)17(38)23(44)18(39)10(3)31)4-11(32)19(40)24(45)20(41)12(4)33;18-14-8-4-7-13-9-10-17(16(19)15(13)14)11-12-5-2-1-3-6-12/h;1-10H,11H2,(H,18,19)/q-1;/p+1. The average molecular weight is 963 g/mol. The molecule has 334 valence electrons. The Hall–Kier alpha value is -5.91. The molecule has 0 saturated heterocycles. The number of halogens is 20. The highest BCUT2D eigenvalue weighted by atomic mass is 32.1. The van der Waals surface area contributed by atoms with Gasteiger partial charge in [-0.2, -0.15) is 4.57 Å². The minimum absolute atomic E-state index is 0.817. The first kappa shape index (κ1) is 47.6. The van der Waals surface area contributed by atoms with Gasteiger partial charge in [-0.15, -0.1) is 34.5 Å². The molecule has 0 aliphatic carbocycles. The van der Waals surface area contributed by atoms with Crippen LogP contribution in [0.3, 0.4) is 0 Å². The summed E-state index contributed by atoms with van der Waals surface area (Å²) in [6.45, 7) is 0.817. The van der Waals surface area contributed by atoms with Gasteiger partial charge in [0.2, 0.25) is 5.03 Å². The third-order valence-corrected chi connectivity index (χ3v) is 10.8. The van der Waals surface area contributed by atoms with Gasteiger partial charge in [-0.3, -0.25) is 0 Å². The van der Waals surface area contributed by atoms with Crippen LogP contribution in [0, 0.1) is 116 Å². The Kier molecular flexibility index (Phi) is 13.1. The zero-order valence-electron chi connectivity index (χ0n) is 30.5. The van der Waals surface area contributed by atoms with Crippen LogP contribution in [0.5, 0.6) is 0 Å². The molecule has 7 aromatic rings. The van der Waals surface area contributed by atoms with Gasteiger partial charge in [-0.05, 0) is 11.5 Å². The van der Waals surface area contributed by atoms with E-state index in [9.17, 15) is 52.7 Å². The number of pyridine rings is 1. The predicted molar refractivity (Wildman–Crippen MR) is 193 cm³/mol. The number of aromatic nitrogens is 1. The van der Waals surface area contributed by atoms with Gasteiger partial charge in [0.05, 0.1) is 5.39 Å². The van der Waals surface area contributed by atoms with Crippen LogP contribution in [0.1, 0.15) is 5.56 Å². The Morgan fingerprint density at radius 3 is 0.953 bits per heavy atom. The second kappa shape index (κ2) is 17.6. The Labute approximate surface area is 354 Å². The fraction of sp³-hybridized carbons (Fsp3) is 0.0250. The highest BCUT2D eigenvalue weighted by Crippen LogP contribution is 2.31. The highest BCUT2D eigenvalue weighted by Gasteiger charge is 2.52. The van der Waals surface area contributed by atoms with Gasteiger partial charge in [0.25, 0.3) is 0 Å². The average Bonchev–Trinajstić information content (AvgIpc) is 3.27. The van der Waals surface area contributed by atoms with Gasteiger partial charge < -0.3 is 0 Å². The van der Waals surface area contributed by atoms with Crippen LogP contribution in [-0.4, -0.2) is 6.15 Å². The van der Waals surface area contributed by atoms with Gasteiger partial charge in [-0.25, -0.2) is 87.8 Å². The SMILES string of the molecule is Fc1c(F)c(F)c([B-](c2c(F)c(F)c(F)c(F)c2F)(c2c(F)c(F)c(F)c(F)c2F)c2c(F)c(F)c(F)c(F)c2F)c(F)c1F.Sc1cccc2cc[n+](Cc3ccccc3)c(S)c12. The molecule has 64 heavy (non-hydrogen) atoms. The lowest BCUT2D eigenvalue weighted by Gasteiger charge is -2.44. The van der Waals surface area contributed by atoms with E-state index < -0.39 is 144 Å². The van der Waals surface area contributed by atoms with E-state index in [2.05, 4.69) is 72.4 Å². The monoisotopic (exact) mass is 963 g/mol. The van der Waals surface area contributed by atoms with Crippen molar-refractivity contribution < 1.29 is 92.4 Å². The molecule has 0 radical (unpaired) electrons. The van der Waals surface area contributed by atoms with Gasteiger partial charge >= 0.3 is 0 Å². The molecule has 1 nitrogen and oxygen atoms in total. The second-order valence-electron chi connectivity index (χ2n) is 13.3. The largest absolute Gasteiger partial charge is 0.246 e. The molecular formula is C40H14BF20NS2. The van der Waals surface area contributed by atoms with Crippen molar-refractivity contribution in [1.29, 1.82) is 0 Å². The molecule has 1 aromatic heterocycles. The minimum atomic E-state index is -7.22. The van der Waals surface area contributed by atoms with Crippen LogP contribution in [0.2, 0.25) is 0 Å². The van der Waals surface area contributed by atoms with Crippen molar-refractivity contribution in [3.05, 3.63) is 183 Å². The third-order valence-electron chi connectivity index (χ3n) is 9.91. The second-order valence-corrected chi connectivity index (χ2v) is 14.2. The summed E-state index contributed by atoms with van der Waals surface area (Å²) in [6, 6.07) is 18.6. The molecule has 6 aromatic carbocycles. The molecule has 1 heterocycles. The number of hydrogen-bond acceptors (Lipinski definition) is 2. The Bertz CT molecular complexity index is 2680. The number of hydrogen-bond donors (Lipinski definition) is 2. The van der Waals surface area contributed by atoms with Gasteiger partial charge in [0, 0.05) is 16.5 Å². The number of rotatable bonds is 6. The fourth-order valence-corrected chi connectivity index (χ4v) is 7.90. The molecule has 0 spiro atoms.